The molecule has 2 aromatic rings. The van der Waals surface area contributed by atoms with Gasteiger partial charge in [0.2, 0.25) is 5.91 Å². The molecule has 1 heterocycles. The molecule has 0 N–H and O–H groups in total. The number of benzene rings is 2. The number of aryl methyl sites for hydroxylation is 2. The normalized spacial score (nSPS) is 14.7. The number of hydrogen-bond acceptors (Lipinski definition) is 5. The second-order valence-electron chi connectivity index (χ2n) is 8.14. The van der Waals surface area contributed by atoms with Crippen molar-refractivity contribution in [2.24, 2.45) is 5.92 Å². The summed E-state index contributed by atoms with van der Waals surface area (Å²) in [4.78, 5) is 26.8. The smallest absolute Gasteiger partial charge is 0.309 e. The van der Waals surface area contributed by atoms with Crippen molar-refractivity contribution in [1.82, 2.24) is 4.90 Å². The van der Waals surface area contributed by atoms with Crippen LogP contribution in [-0.2, 0) is 24.3 Å². The maximum absolute atomic E-state index is 13.5. The highest BCUT2D eigenvalue weighted by atomic mass is 35.5. The van der Waals surface area contributed by atoms with Gasteiger partial charge in [-0.25, -0.2) is 8.42 Å². The minimum Gasteiger partial charge on any atom is -0.466 e. The molecule has 3 rings (SSSR count). The minimum atomic E-state index is -4.01. The van der Waals surface area contributed by atoms with Gasteiger partial charge < -0.3 is 9.64 Å². The van der Waals surface area contributed by atoms with E-state index in [-0.39, 0.29) is 29.2 Å². The highest BCUT2D eigenvalue weighted by Gasteiger charge is 2.32. The maximum Gasteiger partial charge on any atom is 0.309 e. The first-order valence-corrected chi connectivity index (χ1v) is 12.7. The summed E-state index contributed by atoms with van der Waals surface area (Å²) < 4.78 is 33.3. The fourth-order valence-electron chi connectivity index (χ4n) is 3.78. The van der Waals surface area contributed by atoms with Gasteiger partial charge in [0.05, 0.1) is 23.1 Å². The van der Waals surface area contributed by atoms with E-state index in [0.717, 1.165) is 15.4 Å². The molecule has 0 bridgehead atoms. The summed E-state index contributed by atoms with van der Waals surface area (Å²) in [7, 11) is -4.01. The van der Waals surface area contributed by atoms with Crippen molar-refractivity contribution in [3.63, 3.8) is 0 Å². The monoisotopic (exact) mass is 492 g/mol. The summed E-state index contributed by atoms with van der Waals surface area (Å²) in [6, 6.07) is 11.2. The Balaban J connectivity index is 1.84. The summed E-state index contributed by atoms with van der Waals surface area (Å²) in [5.41, 5.74) is 2.37. The fraction of sp³-hybridized carbons (Fsp3) is 0.417. The number of sulfonamides is 1. The molecule has 2 aromatic carbocycles. The Labute approximate surface area is 200 Å². The first-order valence-electron chi connectivity index (χ1n) is 10.9. The predicted molar refractivity (Wildman–Crippen MR) is 128 cm³/mol. The number of nitrogens with zero attached hydrogens (tertiary/aromatic N) is 2. The van der Waals surface area contributed by atoms with Gasteiger partial charge in [-0.05, 0) is 81.1 Å². The van der Waals surface area contributed by atoms with Crippen LogP contribution in [0.25, 0.3) is 0 Å². The van der Waals surface area contributed by atoms with E-state index in [4.69, 9.17) is 16.3 Å². The quantitative estimate of drug-likeness (QED) is 0.546. The number of esters is 1. The predicted octanol–water partition coefficient (Wildman–Crippen LogP) is 3.95. The van der Waals surface area contributed by atoms with E-state index in [0.29, 0.717) is 43.2 Å². The van der Waals surface area contributed by atoms with Gasteiger partial charge in [-0.3, -0.25) is 13.9 Å². The molecule has 1 saturated heterocycles. The molecule has 0 spiro atoms. The molecule has 1 aliphatic rings. The lowest BCUT2D eigenvalue weighted by molar-refractivity contribution is -0.151. The Morgan fingerprint density at radius 3 is 2.27 bits per heavy atom. The third kappa shape index (κ3) is 5.86. The van der Waals surface area contributed by atoms with Gasteiger partial charge in [0.15, 0.2) is 0 Å². The van der Waals surface area contributed by atoms with Gasteiger partial charge in [-0.15, -0.1) is 0 Å². The first-order chi connectivity index (χ1) is 15.6. The number of likely N-dealkylation sites (tertiary alicyclic amines) is 1. The summed E-state index contributed by atoms with van der Waals surface area (Å²) in [6.07, 6.45) is 0.996. The number of anilines is 1. The molecular formula is C24H29ClN2O5S. The summed E-state index contributed by atoms with van der Waals surface area (Å²) in [6.45, 7) is 6.35. The van der Waals surface area contributed by atoms with Crippen molar-refractivity contribution < 1.29 is 22.7 Å². The van der Waals surface area contributed by atoms with Crippen LogP contribution in [0.15, 0.2) is 47.4 Å². The number of carbonyl (C=O) groups excluding carboxylic acids is 2. The third-order valence-electron chi connectivity index (χ3n) is 5.93. The lowest BCUT2D eigenvalue weighted by Gasteiger charge is -2.33. The SMILES string of the molecule is CCOC(=O)C1CCN(C(=O)CN(c2ccc(C)c(C)c2)S(=O)(=O)c2ccc(Cl)cc2)CC1. The summed E-state index contributed by atoms with van der Waals surface area (Å²) in [5, 5.41) is 0.423. The van der Waals surface area contributed by atoms with Crippen LogP contribution in [0.5, 0.6) is 0 Å². The lowest BCUT2D eigenvalue weighted by Crippen LogP contribution is -2.46. The first kappa shape index (κ1) is 25.1. The molecule has 1 fully saturated rings. The highest BCUT2D eigenvalue weighted by molar-refractivity contribution is 7.92. The van der Waals surface area contributed by atoms with Crippen molar-refractivity contribution >= 4 is 39.2 Å². The van der Waals surface area contributed by atoms with Crippen LogP contribution in [0.4, 0.5) is 5.69 Å². The van der Waals surface area contributed by atoms with Crippen molar-refractivity contribution in [2.75, 3.05) is 30.5 Å². The number of amides is 1. The molecule has 0 atom stereocenters. The summed E-state index contributed by atoms with van der Waals surface area (Å²) >= 11 is 5.93. The van der Waals surface area contributed by atoms with Crippen molar-refractivity contribution in [2.45, 2.75) is 38.5 Å². The van der Waals surface area contributed by atoms with Crippen molar-refractivity contribution in [3.8, 4) is 0 Å². The molecule has 0 aromatic heterocycles. The number of ether oxygens (including phenoxy) is 1. The summed E-state index contributed by atoms with van der Waals surface area (Å²) in [5.74, 6) is -0.789. The van der Waals surface area contributed by atoms with E-state index in [1.165, 1.54) is 24.3 Å². The Kier molecular flexibility index (Phi) is 8.02. The zero-order chi connectivity index (χ0) is 24.2. The number of rotatable bonds is 7. The lowest BCUT2D eigenvalue weighted by atomic mass is 9.97. The van der Waals surface area contributed by atoms with Gasteiger partial charge in [0.1, 0.15) is 6.54 Å². The van der Waals surface area contributed by atoms with Crippen LogP contribution < -0.4 is 4.31 Å². The van der Waals surface area contributed by atoms with Gasteiger partial charge in [-0.1, -0.05) is 17.7 Å². The molecule has 1 aliphatic heterocycles. The molecular weight excluding hydrogens is 464 g/mol. The minimum absolute atomic E-state index is 0.0546. The number of carbonyl (C=O) groups is 2. The topological polar surface area (TPSA) is 84.0 Å². The van der Waals surface area contributed by atoms with Crippen LogP contribution in [0.1, 0.15) is 30.9 Å². The van der Waals surface area contributed by atoms with Crippen molar-refractivity contribution in [1.29, 1.82) is 0 Å². The van der Waals surface area contributed by atoms with Gasteiger partial charge in [0, 0.05) is 18.1 Å². The largest absolute Gasteiger partial charge is 0.466 e. The molecule has 7 nitrogen and oxygen atoms in total. The molecule has 33 heavy (non-hydrogen) atoms. The van der Waals surface area contributed by atoms with E-state index in [1.54, 1.807) is 24.0 Å². The van der Waals surface area contributed by atoms with E-state index in [1.807, 2.05) is 19.9 Å². The van der Waals surface area contributed by atoms with Crippen molar-refractivity contribution in [3.05, 3.63) is 58.6 Å². The van der Waals surface area contributed by atoms with Crippen LogP contribution in [-0.4, -0.2) is 51.4 Å². The van der Waals surface area contributed by atoms with Gasteiger partial charge in [0.25, 0.3) is 10.0 Å². The maximum atomic E-state index is 13.5. The fourth-order valence-corrected chi connectivity index (χ4v) is 5.31. The second kappa shape index (κ2) is 10.6. The number of piperidine rings is 1. The van der Waals surface area contributed by atoms with E-state index in [9.17, 15) is 18.0 Å². The number of hydrogen-bond donors (Lipinski definition) is 0. The van der Waals surface area contributed by atoms with Crippen LogP contribution in [0, 0.1) is 19.8 Å². The Hall–Kier alpha value is -2.58. The average Bonchev–Trinajstić information content (AvgIpc) is 2.79. The Morgan fingerprint density at radius 1 is 1.06 bits per heavy atom. The van der Waals surface area contributed by atoms with E-state index >= 15 is 0 Å². The van der Waals surface area contributed by atoms with Crippen LogP contribution in [0.2, 0.25) is 5.02 Å². The molecule has 1 amide bonds. The third-order valence-corrected chi connectivity index (χ3v) is 7.97. The van der Waals surface area contributed by atoms with E-state index in [2.05, 4.69) is 0 Å². The molecule has 178 valence electrons. The second-order valence-corrected chi connectivity index (χ2v) is 10.4. The van der Waals surface area contributed by atoms with Gasteiger partial charge >= 0.3 is 5.97 Å². The van der Waals surface area contributed by atoms with E-state index < -0.39 is 10.0 Å². The molecule has 0 unspecified atom stereocenters. The zero-order valence-electron chi connectivity index (χ0n) is 19.1. The molecule has 0 saturated carbocycles. The van der Waals surface area contributed by atoms with Gasteiger partial charge in [-0.2, -0.15) is 0 Å². The molecule has 0 aliphatic carbocycles. The Bertz CT molecular complexity index is 1110. The molecule has 0 radical (unpaired) electrons. The average molecular weight is 493 g/mol. The van der Waals surface area contributed by atoms with Crippen LogP contribution >= 0.6 is 11.6 Å². The Morgan fingerprint density at radius 2 is 1.70 bits per heavy atom. The highest BCUT2D eigenvalue weighted by Crippen LogP contribution is 2.27. The van der Waals surface area contributed by atoms with Crippen LogP contribution in [0.3, 0.4) is 0 Å². The molecule has 9 heteroatoms. The standard InChI is InChI=1S/C24H29ClN2O5S/c1-4-32-24(29)19-11-13-26(14-12-19)23(28)16-27(21-8-5-17(2)18(3)15-21)33(30,31)22-9-6-20(25)7-10-22/h5-10,15,19H,4,11-14,16H2,1-3H3. The number of halogens is 1. The zero-order valence-corrected chi connectivity index (χ0v) is 20.7.